The Morgan fingerprint density at radius 3 is 2.62 bits per heavy atom. The largest absolute Gasteiger partial charge is 0.336 e. The third-order valence-corrected chi connectivity index (χ3v) is 5.15. The number of nitrogens with zero attached hydrogens (tertiary/aromatic N) is 2. The monoisotopic (exact) mass is 340 g/mol. The molecule has 0 aliphatic carbocycles. The molecule has 1 atom stereocenters. The van der Waals surface area contributed by atoms with Crippen molar-refractivity contribution in [2.45, 2.75) is 18.9 Å². The van der Waals surface area contributed by atoms with E-state index in [1.54, 1.807) is 35.6 Å². The maximum Gasteiger partial charge on any atom is 0.319 e. The van der Waals surface area contributed by atoms with Crippen LogP contribution in [0, 0.1) is 11.3 Å². The molecule has 1 unspecified atom stereocenters. The van der Waals surface area contributed by atoms with Crippen molar-refractivity contribution in [3.05, 3.63) is 52.2 Å². The summed E-state index contributed by atoms with van der Waals surface area (Å²) in [5, 5.41) is 16.7. The van der Waals surface area contributed by atoms with E-state index in [4.69, 9.17) is 5.26 Å². The number of thiophene rings is 1. The van der Waals surface area contributed by atoms with Gasteiger partial charge in [-0.3, -0.25) is 4.90 Å². The minimum Gasteiger partial charge on any atom is -0.336 e. The molecule has 1 saturated heterocycles. The first kappa shape index (κ1) is 16.5. The summed E-state index contributed by atoms with van der Waals surface area (Å²) in [6.07, 6.45) is 2.44. The fourth-order valence-corrected chi connectivity index (χ4v) is 3.80. The Labute approximate surface area is 145 Å². The highest BCUT2D eigenvalue weighted by Crippen LogP contribution is 2.27. The van der Waals surface area contributed by atoms with Gasteiger partial charge in [0, 0.05) is 17.1 Å². The van der Waals surface area contributed by atoms with Gasteiger partial charge in [-0.25, -0.2) is 4.79 Å². The SMILES string of the molecule is N#Cc1ccc(NC(=O)NCC(c2cccs2)N2CCCC2)cc1. The van der Waals surface area contributed by atoms with Crippen LogP contribution in [-0.2, 0) is 0 Å². The summed E-state index contributed by atoms with van der Waals surface area (Å²) in [6, 6.07) is 13.1. The number of hydrogen-bond donors (Lipinski definition) is 2. The number of carbonyl (C=O) groups is 1. The molecule has 1 aliphatic rings. The highest BCUT2D eigenvalue weighted by molar-refractivity contribution is 7.10. The van der Waals surface area contributed by atoms with E-state index in [1.807, 2.05) is 0 Å². The van der Waals surface area contributed by atoms with E-state index in [0.717, 1.165) is 13.1 Å². The molecule has 2 N–H and O–H groups in total. The van der Waals surface area contributed by atoms with Gasteiger partial charge in [-0.1, -0.05) is 6.07 Å². The highest BCUT2D eigenvalue weighted by Gasteiger charge is 2.24. The maximum absolute atomic E-state index is 12.2. The number of hydrogen-bond acceptors (Lipinski definition) is 4. The van der Waals surface area contributed by atoms with E-state index in [-0.39, 0.29) is 12.1 Å². The molecule has 3 rings (SSSR count). The lowest BCUT2D eigenvalue weighted by Crippen LogP contribution is -2.38. The smallest absolute Gasteiger partial charge is 0.319 e. The number of nitrogens with one attached hydrogen (secondary N) is 2. The molecule has 2 heterocycles. The molecule has 0 spiro atoms. The lowest BCUT2D eigenvalue weighted by Gasteiger charge is -2.26. The molecule has 2 amide bonds. The Morgan fingerprint density at radius 1 is 1.25 bits per heavy atom. The summed E-state index contributed by atoms with van der Waals surface area (Å²) in [7, 11) is 0. The van der Waals surface area contributed by atoms with Gasteiger partial charge in [-0.05, 0) is 61.6 Å². The Balaban J connectivity index is 1.57. The van der Waals surface area contributed by atoms with Gasteiger partial charge in [0.25, 0.3) is 0 Å². The molecule has 0 bridgehead atoms. The predicted octanol–water partition coefficient (Wildman–Crippen LogP) is 3.58. The van der Waals surface area contributed by atoms with Crippen molar-refractivity contribution in [1.29, 1.82) is 5.26 Å². The van der Waals surface area contributed by atoms with Crippen LogP contribution in [0.3, 0.4) is 0 Å². The van der Waals surface area contributed by atoms with Crippen LogP contribution in [0.5, 0.6) is 0 Å². The molecular formula is C18H20N4OS. The zero-order valence-electron chi connectivity index (χ0n) is 13.4. The number of benzene rings is 1. The summed E-state index contributed by atoms with van der Waals surface area (Å²) >= 11 is 1.73. The van der Waals surface area contributed by atoms with E-state index >= 15 is 0 Å². The van der Waals surface area contributed by atoms with Crippen LogP contribution >= 0.6 is 11.3 Å². The van der Waals surface area contributed by atoms with Gasteiger partial charge in [-0.2, -0.15) is 5.26 Å². The summed E-state index contributed by atoms with van der Waals surface area (Å²) in [4.78, 5) is 15.9. The van der Waals surface area contributed by atoms with Crippen molar-refractivity contribution in [3.8, 4) is 6.07 Å². The van der Waals surface area contributed by atoms with Crippen LogP contribution in [-0.4, -0.2) is 30.6 Å². The third-order valence-electron chi connectivity index (χ3n) is 4.18. The van der Waals surface area contributed by atoms with Gasteiger partial charge in [-0.15, -0.1) is 11.3 Å². The molecule has 24 heavy (non-hydrogen) atoms. The van der Waals surface area contributed by atoms with Crippen molar-refractivity contribution in [2.24, 2.45) is 0 Å². The number of urea groups is 1. The molecular weight excluding hydrogens is 320 g/mol. The van der Waals surface area contributed by atoms with Crippen molar-refractivity contribution in [2.75, 3.05) is 25.0 Å². The molecule has 1 aromatic carbocycles. The van der Waals surface area contributed by atoms with E-state index in [9.17, 15) is 4.79 Å². The van der Waals surface area contributed by atoms with Crippen molar-refractivity contribution in [1.82, 2.24) is 10.2 Å². The quantitative estimate of drug-likeness (QED) is 0.874. The van der Waals surface area contributed by atoms with Crippen molar-refractivity contribution < 1.29 is 4.79 Å². The zero-order chi connectivity index (χ0) is 16.8. The fourth-order valence-electron chi connectivity index (χ4n) is 2.94. The normalized spacial score (nSPS) is 15.6. The molecule has 124 valence electrons. The van der Waals surface area contributed by atoms with E-state index in [1.165, 1.54) is 17.7 Å². The first-order valence-corrected chi connectivity index (χ1v) is 8.97. The number of anilines is 1. The Morgan fingerprint density at radius 2 is 2.00 bits per heavy atom. The van der Waals surface area contributed by atoms with Crippen LogP contribution in [0.25, 0.3) is 0 Å². The second kappa shape index (κ2) is 7.95. The van der Waals surface area contributed by atoms with Crippen LogP contribution in [0.2, 0.25) is 0 Å². The number of rotatable bonds is 5. The Kier molecular flexibility index (Phi) is 5.47. The number of nitriles is 1. The highest BCUT2D eigenvalue weighted by atomic mass is 32.1. The van der Waals surface area contributed by atoms with Crippen LogP contribution in [0.4, 0.5) is 10.5 Å². The minimum atomic E-state index is -0.222. The third kappa shape index (κ3) is 4.13. The average molecular weight is 340 g/mol. The standard InChI is InChI=1S/C18H20N4OS/c19-12-14-5-7-15(8-6-14)21-18(23)20-13-16(17-4-3-11-24-17)22-9-1-2-10-22/h3-8,11,16H,1-2,9-10,13H2,(H2,20,21,23). The van der Waals surface area contributed by atoms with Crippen LogP contribution in [0.1, 0.15) is 29.3 Å². The molecule has 6 heteroatoms. The molecule has 0 saturated carbocycles. The molecule has 0 radical (unpaired) electrons. The second-order valence-electron chi connectivity index (χ2n) is 5.80. The Hall–Kier alpha value is -2.36. The van der Waals surface area contributed by atoms with Gasteiger partial charge in [0.05, 0.1) is 17.7 Å². The number of amides is 2. The Bertz CT molecular complexity index is 700. The topological polar surface area (TPSA) is 68.2 Å². The van der Waals surface area contributed by atoms with Crippen molar-refractivity contribution >= 4 is 23.1 Å². The molecule has 2 aromatic rings. The van der Waals surface area contributed by atoms with Gasteiger partial charge >= 0.3 is 6.03 Å². The summed E-state index contributed by atoms with van der Waals surface area (Å²) in [5.41, 5.74) is 1.26. The first-order chi connectivity index (χ1) is 11.8. The maximum atomic E-state index is 12.2. The number of carbonyl (C=O) groups excluding carboxylic acids is 1. The summed E-state index contributed by atoms with van der Waals surface area (Å²) < 4.78 is 0. The van der Waals surface area contributed by atoms with E-state index in [2.05, 4.69) is 39.1 Å². The number of likely N-dealkylation sites (tertiary alicyclic amines) is 1. The summed E-state index contributed by atoms with van der Waals surface area (Å²) in [6.45, 7) is 2.76. The van der Waals surface area contributed by atoms with Crippen LogP contribution < -0.4 is 10.6 Å². The zero-order valence-corrected chi connectivity index (χ0v) is 14.2. The van der Waals surface area contributed by atoms with Crippen molar-refractivity contribution in [3.63, 3.8) is 0 Å². The predicted molar refractivity (Wildman–Crippen MR) is 96.0 cm³/mol. The van der Waals surface area contributed by atoms with E-state index < -0.39 is 0 Å². The van der Waals surface area contributed by atoms with Gasteiger partial charge in [0.1, 0.15) is 0 Å². The van der Waals surface area contributed by atoms with E-state index in [0.29, 0.717) is 17.8 Å². The lowest BCUT2D eigenvalue weighted by atomic mass is 10.2. The molecule has 5 nitrogen and oxygen atoms in total. The van der Waals surface area contributed by atoms with Gasteiger partial charge in [0.2, 0.25) is 0 Å². The second-order valence-corrected chi connectivity index (χ2v) is 6.78. The van der Waals surface area contributed by atoms with Gasteiger partial charge < -0.3 is 10.6 Å². The first-order valence-electron chi connectivity index (χ1n) is 8.09. The van der Waals surface area contributed by atoms with Crippen LogP contribution in [0.15, 0.2) is 41.8 Å². The summed E-state index contributed by atoms with van der Waals surface area (Å²) in [5.74, 6) is 0. The minimum absolute atomic E-state index is 0.222. The average Bonchev–Trinajstić information content (AvgIpc) is 3.30. The molecule has 1 fully saturated rings. The fraction of sp³-hybridized carbons (Fsp3) is 0.333. The lowest BCUT2D eigenvalue weighted by molar-refractivity contribution is 0.229. The molecule has 1 aliphatic heterocycles. The van der Waals surface area contributed by atoms with Gasteiger partial charge in [0.15, 0.2) is 0 Å². The molecule has 1 aromatic heterocycles.